The number of aromatic amines is 1. The zero-order valence-electron chi connectivity index (χ0n) is 11.3. The molecule has 0 radical (unpaired) electrons. The third-order valence-electron chi connectivity index (χ3n) is 3.37. The summed E-state index contributed by atoms with van der Waals surface area (Å²) in [5, 5.41) is 7.24. The number of aryl methyl sites for hydroxylation is 1. The molecule has 3 N–H and O–H groups in total. The van der Waals surface area contributed by atoms with Gasteiger partial charge in [0.25, 0.3) is 0 Å². The molecule has 106 valence electrons. The van der Waals surface area contributed by atoms with Gasteiger partial charge in [-0.1, -0.05) is 46.3 Å². The van der Waals surface area contributed by atoms with Crippen LogP contribution in [0.1, 0.15) is 5.56 Å². The van der Waals surface area contributed by atoms with Gasteiger partial charge in [-0.05, 0) is 46.1 Å². The van der Waals surface area contributed by atoms with Crippen LogP contribution in [-0.2, 0) is 0 Å². The zero-order valence-corrected chi connectivity index (χ0v) is 14.5. The summed E-state index contributed by atoms with van der Waals surface area (Å²) in [5.41, 5.74) is 11.2. The molecule has 0 atom stereocenters. The first-order chi connectivity index (χ1) is 10.1. The van der Waals surface area contributed by atoms with Gasteiger partial charge in [0.05, 0.1) is 11.3 Å². The van der Waals surface area contributed by atoms with Crippen LogP contribution >= 0.6 is 31.9 Å². The van der Waals surface area contributed by atoms with Gasteiger partial charge in [0.1, 0.15) is 0 Å². The number of benzene rings is 2. The summed E-state index contributed by atoms with van der Waals surface area (Å²) in [4.78, 5) is 0. The third kappa shape index (κ3) is 2.63. The maximum Gasteiger partial charge on any atom is 0.153 e. The van der Waals surface area contributed by atoms with Crippen molar-refractivity contribution < 1.29 is 0 Å². The Morgan fingerprint density at radius 1 is 1.10 bits per heavy atom. The lowest BCUT2D eigenvalue weighted by atomic mass is 10.00. The summed E-state index contributed by atoms with van der Waals surface area (Å²) in [6.45, 7) is 2.06. The number of nitrogen functional groups attached to an aromatic ring is 1. The van der Waals surface area contributed by atoms with E-state index in [2.05, 4.69) is 55.0 Å². The van der Waals surface area contributed by atoms with Crippen molar-refractivity contribution in [1.82, 2.24) is 10.2 Å². The molecule has 3 aromatic rings. The maximum absolute atomic E-state index is 6.08. The molecule has 0 saturated heterocycles. The van der Waals surface area contributed by atoms with E-state index in [0.717, 1.165) is 31.3 Å². The van der Waals surface area contributed by atoms with Crippen molar-refractivity contribution >= 4 is 37.7 Å². The lowest BCUT2D eigenvalue weighted by Crippen LogP contribution is -1.90. The van der Waals surface area contributed by atoms with Crippen LogP contribution in [0.5, 0.6) is 0 Å². The van der Waals surface area contributed by atoms with E-state index in [1.165, 1.54) is 5.56 Å². The molecule has 1 aromatic heterocycles. The Kier molecular flexibility index (Phi) is 3.87. The Hall–Kier alpha value is -1.59. The van der Waals surface area contributed by atoms with E-state index in [1.807, 2.05) is 36.4 Å². The zero-order chi connectivity index (χ0) is 15.0. The number of rotatable bonds is 2. The summed E-state index contributed by atoms with van der Waals surface area (Å²) < 4.78 is 2.06. The fraction of sp³-hybridized carbons (Fsp3) is 0.0625. The van der Waals surface area contributed by atoms with Crippen molar-refractivity contribution in [3.63, 3.8) is 0 Å². The van der Waals surface area contributed by atoms with Crippen LogP contribution in [0.4, 0.5) is 5.82 Å². The second-order valence-corrected chi connectivity index (χ2v) is 6.51. The predicted molar refractivity (Wildman–Crippen MR) is 94.0 cm³/mol. The van der Waals surface area contributed by atoms with Crippen molar-refractivity contribution in [2.75, 3.05) is 5.73 Å². The van der Waals surface area contributed by atoms with Gasteiger partial charge in [-0.3, -0.25) is 5.10 Å². The molecule has 0 aliphatic carbocycles. The molecule has 1 heterocycles. The summed E-state index contributed by atoms with van der Waals surface area (Å²) >= 11 is 7.15. The van der Waals surface area contributed by atoms with E-state index < -0.39 is 0 Å². The molecule has 3 nitrogen and oxygen atoms in total. The summed E-state index contributed by atoms with van der Waals surface area (Å²) in [6, 6.07) is 14.2. The predicted octanol–water partition coefficient (Wildman–Crippen LogP) is 5.16. The molecule has 0 amide bonds. The first-order valence-electron chi connectivity index (χ1n) is 6.43. The van der Waals surface area contributed by atoms with Gasteiger partial charge in [0, 0.05) is 14.5 Å². The van der Waals surface area contributed by atoms with Crippen LogP contribution in [0, 0.1) is 6.92 Å². The molecule has 0 aliphatic heterocycles. The molecular formula is C16H13Br2N3. The summed E-state index contributed by atoms with van der Waals surface area (Å²) in [5.74, 6) is 0.497. The molecule has 2 aromatic carbocycles. The third-order valence-corrected chi connectivity index (χ3v) is 4.91. The van der Waals surface area contributed by atoms with E-state index in [0.29, 0.717) is 5.82 Å². The summed E-state index contributed by atoms with van der Waals surface area (Å²) in [7, 11) is 0. The van der Waals surface area contributed by atoms with E-state index in [-0.39, 0.29) is 0 Å². The second kappa shape index (κ2) is 5.66. The average molecular weight is 407 g/mol. The number of nitrogens with zero attached hydrogens (tertiary/aromatic N) is 1. The summed E-state index contributed by atoms with van der Waals surface area (Å²) in [6.07, 6.45) is 0. The van der Waals surface area contributed by atoms with E-state index in [9.17, 15) is 0 Å². The van der Waals surface area contributed by atoms with Gasteiger partial charge in [-0.25, -0.2) is 0 Å². The first kappa shape index (κ1) is 14.4. The number of halogens is 2. The fourth-order valence-corrected chi connectivity index (χ4v) is 3.19. The SMILES string of the molecule is Cc1cccc(-c2[nH]nc(N)c2-c2cccc(Br)c2)c1Br. The van der Waals surface area contributed by atoms with Crippen LogP contribution in [0.3, 0.4) is 0 Å². The highest BCUT2D eigenvalue weighted by molar-refractivity contribution is 9.10. The highest BCUT2D eigenvalue weighted by atomic mass is 79.9. The van der Waals surface area contributed by atoms with Gasteiger partial charge in [-0.15, -0.1) is 0 Å². The number of nitrogens with two attached hydrogens (primary N) is 1. The molecular weight excluding hydrogens is 394 g/mol. The highest BCUT2D eigenvalue weighted by Gasteiger charge is 2.17. The van der Waals surface area contributed by atoms with E-state index in [4.69, 9.17) is 5.73 Å². The molecule has 21 heavy (non-hydrogen) atoms. The van der Waals surface area contributed by atoms with Gasteiger partial charge in [-0.2, -0.15) is 5.10 Å². The Morgan fingerprint density at radius 2 is 1.86 bits per heavy atom. The lowest BCUT2D eigenvalue weighted by molar-refractivity contribution is 1.10. The molecule has 0 spiro atoms. The molecule has 0 unspecified atom stereocenters. The van der Waals surface area contributed by atoms with Crippen molar-refractivity contribution in [2.24, 2.45) is 0 Å². The van der Waals surface area contributed by atoms with Gasteiger partial charge in [0.15, 0.2) is 5.82 Å². The number of aromatic nitrogens is 2. The Balaban J connectivity index is 2.24. The molecule has 0 saturated carbocycles. The Labute approximate surface area is 139 Å². The minimum Gasteiger partial charge on any atom is -0.382 e. The maximum atomic E-state index is 6.08. The number of nitrogens with one attached hydrogen (secondary N) is 1. The van der Waals surface area contributed by atoms with Crippen LogP contribution in [0.25, 0.3) is 22.4 Å². The van der Waals surface area contributed by atoms with Crippen molar-refractivity contribution in [3.05, 3.63) is 57.0 Å². The molecule has 0 bridgehead atoms. The van der Waals surface area contributed by atoms with Crippen LogP contribution in [0.15, 0.2) is 51.4 Å². The van der Waals surface area contributed by atoms with Crippen LogP contribution in [0.2, 0.25) is 0 Å². The van der Waals surface area contributed by atoms with Crippen LogP contribution in [-0.4, -0.2) is 10.2 Å². The van der Waals surface area contributed by atoms with Crippen molar-refractivity contribution in [1.29, 1.82) is 0 Å². The molecule has 5 heteroatoms. The lowest BCUT2D eigenvalue weighted by Gasteiger charge is -2.09. The minimum absolute atomic E-state index is 0.497. The monoisotopic (exact) mass is 405 g/mol. The quantitative estimate of drug-likeness (QED) is 0.617. The largest absolute Gasteiger partial charge is 0.382 e. The highest BCUT2D eigenvalue weighted by Crippen LogP contribution is 2.39. The van der Waals surface area contributed by atoms with E-state index >= 15 is 0 Å². The molecule has 3 rings (SSSR count). The normalized spacial score (nSPS) is 10.8. The van der Waals surface area contributed by atoms with Gasteiger partial charge < -0.3 is 5.73 Å². The molecule has 0 fully saturated rings. The fourth-order valence-electron chi connectivity index (χ4n) is 2.33. The van der Waals surface area contributed by atoms with Gasteiger partial charge >= 0.3 is 0 Å². The standard InChI is InChI=1S/C16H13Br2N3/c1-9-4-2-7-12(14(9)18)15-13(16(19)21-20-15)10-5-3-6-11(17)8-10/h2-8H,1H3,(H3,19,20,21). The number of hydrogen-bond acceptors (Lipinski definition) is 2. The topological polar surface area (TPSA) is 54.7 Å². The average Bonchev–Trinajstić information content (AvgIpc) is 2.83. The minimum atomic E-state index is 0.497. The Morgan fingerprint density at radius 3 is 2.62 bits per heavy atom. The number of anilines is 1. The van der Waals surface area contributed by atoms with Crippen LogP contribution < -0.4 is 5.73 Å². The second-order valence-electron chi connectivity index (χ2n) is 4.81. The van der Waals surface area contributed by atoms with Crippen molar-refractivity contribution in [3.8, 4) is 22.4 Å². The van der Waals surface area contributed by atoms with Crippen molar-refractivity contribution in [2.45, 2.75) is 6.92 Å². The number of hydrogen-bond donors (Lipinski definition) is 2. The number of H-pyrrole nitrogens is 1. The molecule has 0 aliphatic rings. The van der Waals surface area contributed by atoms with Gasteiger partial charge in [0.2, 0.25) is 0 Å². The smallest absolute Gasteiger partial charge is 0.153 e. The first-order valence-corrected chi connectivity index (χ1v) is 8.02. The van der Waals surface area contributed by atoms with E-state index in [1.54, 1.807) is 0 Å². The Bertz CT molecular complexity index is 809.